The third-order valence-corrected chi connectivity index (χ3v) is 4.08. The van der Waals surface area contributed by atoms with E-state index >= 15 is 0 Å². The number of rotatable bonds is 3. The van der Waals surface area contributed by atoms with Gasteiger partial charge in [0.15, 0.2) is 0 Å². The van der Waals surface area contributed by atoms with Gasteiger partial charge in [-0.25, -0.2) is 4.39 Å². The number of piperidine rings is 1. The number of carbonyl (C=O) groups excluding carboxylic acids is 1. The summed E-state index contributed by atoms with van der Waals surface area (Å²) in [7, 11) is 0. The lowest BCUT2D eigenvalue weighted by Crippen LogP contribution is -2.50. The number of amides is 1. The fourth-order valence-corrected chi connectivity index (χ4v) is 2.88. The van der Waals surface area contributed by atoms with E-state index < -0.39 is 0 Å². The molecule has 2 unspecified atom stereocenters. The van der Waals surface area contributed by atoms with Gasteiger partial charge in [0.1, 0.15) is 5.82 Å². The van der Waals surface area contributed by atoms with E-state index in [-0.39, 0.29) is 17.3 Å². The minimum Gasteiger partial charge on any atom is -0.338 e. The molecule has 0 saturated carbocycles. The molecule has 1 aromatic carbocycles. The normalized spacial score (nSPS) is 22.9. The summed E-state index contributed by atoms with van der Waals surface area (Å²) >= 11 is 0. The monoisotopic (exact) mass is 278 g/mol. The lowest BCUT2D eigenvalue weighted by atomic mass is 9.93. The molecule has 20 heavy (non-hydrogen) atoms. The Balaban J connectivity index is 2.09. The van der Waals surface area contributed by atoms with Crippen molar-refractivity contribution in [1.82, 2.24) is 10.2 Å². The van der Waals surface area contributed by atoms with E-state index in [9.17, 15) is 9.18 Å². The molecule has 1 amide bonds. The Morgan fingerprint density at radius 2 is 2.25 bits per heavy atom. The average molecular weight is 278 g/mol. The summed E-state index contributed by atoms with van der Waals surface area (Å²) in [4.78, 5) is 14.2. The molecule has 2 atom stereocenters. The van der Waals surface area contributed by atoms with Crippen LogP contribution in [0.4, 0.5) is 4.39 Å². The predicted molar refractivity (Wildman–Crippen MR) is 78.3 cm³/mol. The number of nitrogens with zero attached hydrogens (tertiary/aromatic N) is 1. The van der Waals surface area contributed by atoms with Gasteiger partial charge in [-0.3, -0.25) is 4.79 Å². The van der Waals surface area contributed by atoms with Gasteiger partial charge < -0.3 is 10.2 Å². The number of hydrogen-bond donors (Lipinski definition) is 1. The first-order valence-corrected chi connectivity index (χ1v) is 7.32. The summed E-state index contributed by atoms with van der Waals surface area (Å²) in [5.41, 5.74) is 0.713. The van der Waals surface area contributed by atoms with Crippen LogP contribution in [0.15, 0.2) is 18.2 Å². The van der Waals surface area contributed by atoms with E-state index in [4.69, 9.17) is 0 Å². The molecule has 0 radical (unpaired) electrons. The quantitative estimate of drug-likeness (QED) is 0.921. The lowest BCUT2D eigenvalue weighted by molar-refractivity contribution is 0.0641. The van der Waals surface area contributed by atoms with Crippen molar-refractivity contribution in [2.75, 3.05) is 19.6 Å². The Morgan fingerprint density at radius 3 is 2.90 bits per heavy atom. The van der Waals surface area contributed by atoms with Crippen molar-refractivity contribution < 1.29 is 9.18 Å². The maximum Gasteiger partial charge on any atom is 0.256 e. The Labute approximate surface area is 120 Å². The van der Waals surface area contributed by atoms with Crippen molar-refractivity contribution in [1.29, 1.82) is 0 Å². The lowest BCUT2D eigenvalue weighted by Gasteiger charge is -2.37. The standard InChI is InChI=1S/C16H23FN2O/c1-4-18-14-8-9-19(10-12(14)3)16(20)13-7-5-6-11(2)15(13)17/h5-7,12,14,18H,4,8-10H2,1-3H3. The summed E-state index contributed by atoms with van der Waals surface area (Å²) in [5, 5.41) is 3.44. The molecule has 3 nitrogen and oxygen atoms in total. The number of halogens is 1. The molecule has 0 aliphatic carbocycles. The summed E-state index contributed by atoms with van der Waals surface area (Å²) < 4.78 is 14.0. The van der Waals surface area contributed by atoms with Gasteiger partial charge in [0.2, 0.25) is 0 Å². The molecular formula is C16H23FN2O. The first-order valence-electron chi connectivity index (χ1n) is 7.32. The van der Waals surface area contributed by atoms with E-state index in [0.717, 1.165) is 13.0 Å². The second-order valence-corrected chi connectivity index (χ2v) is 5.62. The zero-order valence-electron chi connectivity index (χ0n) is 12.4. The first-order chi connectivity index (χ1) is 9.54. The second-order valence-electron chi connectivity index (χ2n) is 5.62. The third kappa shape index (κ3) is 3.01. The molecular weight excluding hydrogens is 255 g/mol. The van der Waals surface area contributed by atoms with Crippen LogP contribution >= 0.6 is 0 Å². The van der Waals surface area contributed by atoms with Gasteiger partial charge in [0.25, 0.3) is 5.91 Å². The second kappa shape index (κ2) is 6.35. The minimum absolute atomic E-state index is 0.187. The number of aryl methyl sites for hydroxylation is 1. The SMILES string of the molecule is CCNC1CCN(C(=O)c2cccc(C)c2F)CC1C. The molecule has 1 aromatic rings. The Bertz CT molecular complexity index is 489. The molecule has 1 fully saturated rings. The van der Waals surface area contributed by atoms with Crippen LogP contribution in [0.3, 0.4) is 0 Å². The molecule has 4 heteroatoms. The molecule has 110 valence electrons. The van der Waals surface area contributed by atoms with E-state index in [1.807, 2.05) is 0 Å². The van der Waals surface area contributed by atoms with E-state index in [1.54, 1.807) is 30.0 Å². The molecule has 0 aromatic heterocycles. The van der Waals surface area contributed by atoms with Crippen LogP contribution in [0.5, 0.6) is 0 Å². The van der Waals surface area contributed by atoms with Gasteiger partial charge in [0, 0.05) is 19.1 Å². The Kier molecular flexibility index (Phi) is 4.76. The average Bonchev–Trinajstić information content (AvgIpc) is 2.43. The number of carbonyl (C=O) groups is 1. The van der Waals surface area contributed by atoms with Gasteiger partial charge in [-0.15, -0.1) is 0 Å². The van der Waals surface area contributed by atoms with Crippen LogP contribution in [0.2, 0.25) is 0 Å². The van der Waals surface area contributed by atoms with E-state index in [1.165, 1.54) is 0 Å². The molecule has 0 spiro atoms. The molecule has 1 heterocycles. The van der Waals surface area contributed by atoms with Gasteiger partial charge >= 0.3 is 0 Å². The summed E-state index contributed by atoms with van der Waals surface area (Å²) in [6.45, 7) is 8.23. The summed E-state index contributed by atoms with van der Waals surface area (Å²) in [6, 6.07) is 5.45. The van der Waals surface area contributed by atoms with Gasteiger partial charge in [-0.2, -0.15) is 0 Å². The maximum atomic E-state index is 14.0. The van der Waals surface area contributed by atoms with Crippen LogP contribution in [0.1, 0.15) is 36.2 Å². The third-order valence-electron chi connectivity index (χ3n) is 4.08. The number of benzene rings is 1. The van der Waals surface area contributed by atoms with Crippen LogP contribution in [-0.4, -0.2) is 36.5 Å². The van der Waals surface area contributed by atoms with Crippen molar-refractivity contribution >= 4 is 5.91 Å². The topological polar surface area (TPSA) is 32.3 Å². The van der Waals surface area contributed by atoms with Crippen molar-refractivity contribution in [2.45, 2.75) is 33.2 Å². The van der Waals surface area contributed by atoms with Crippen LogP contribution in [0.25, 0.3) is 0 Å². The molecule has 1 aliphatic heterocycles. The van der Waals surface area contributed by atoms with Crippen molar-refractivity contribution in [3.8, 4) is 0 Å². The van der Waals surface area contributed by atoms with Crippen LogP contribution < -0.4 is 5.32 Å². The van der Waals surface area contributed by atoms with Gasteiger partial charge in [0.05, 0.1) is 5.56 Å². The highest BCUT2D eigenvalue weighted by molar-refractivity contribution is 5.94. The number of likely N-dealkylation sites (tertiary alicyclic amines) is 1. The Hall–Kier alpha value is -1.42. The van der Waals surface area contributed by atoms with E-state index in [0.29, 0.717) is 30.6 Å². The zero-order chi connectivity index (χ0) is 14.7. The highest BCUT2D eigenvalue weighted by Gasteiger charge is 2.29. The summed E-state index contributed by atoms with van der Waals surface area (Å²) in [6.07, 6.45) is 0.925. The number of hydrogen-bond acceptors (Lipinski definition) is 2. The predicted octanol–water partition coefficient (Wildman–Crippen LogP) is 2.59. The van der Waals surface area contributed by atoms with Crippen LogP contribution in [0, 0.1) is 18.7 Å². The number of nitrogens with one attached hydrogen (secondary N) is 1. The highest BCUT2D eigenvalue weighted by atomic mass is 19.1. The molecule has 1 N–H and O–H groups in total. The fraction of sp³-hybridized carbons (Fsp3) is 0.562. The minimum atomic E-state index is -0.390. The van der Waals surface area contributed by atoms with Crippen molar-refractivity contribution in [2.24, 2.45) is 5.92 Å². The molecule has 1 saturated heterocycles. The fourth-order valence-electron chi connectivity index (χ4n) is 2.88. The van der Waals surface area contributed by atoms with Gasteiger partial charge in [-0.05, 0) is 37.4 Å². The largest absolute Gasteiger partial charge is 0.338 e. The molecule has 0 bridgehead atoms. The first kappa shape index (κ1) is 15.0. The highest BCUT2D eigenvalue weighted by Crippen LogP contribution is 2.21. The zero-order valence-corrected chi connectivity index (χ0v) is 12.4. The molecule has 1 aliphatic rings. The van der Waals surface area contributed by atoms with Crippen molar-refractivity contribution in [3.05, 3.63) is 35.1 Å². The van der Waals surface area contributed by atoms with Crippen LogP contribution in [-0.2, 0) is 0 Å². The Morgan fingerprint density at radius 1 is 1.50 bits per heavy atom. The smallest absolute Gasteiger partial charge is 0.256 e. The maximum absolute atomic E-state index is 14.0. The molecule has 2 rings (SSSR count). The van der Waals surface area contributed by atoms with Crippen molar-refractivity contribution in [3.63, 3.8) is 0 Å². The van der Waals surface area contributed by atoms with E-state index in [2.05, 4.69) is 19.2 Å². The summed E-state index contributed by atoms with van der Waals surface area (Å²) in [5.74, 6) is -0.188. The van der Waals surface area contributed by atoms with Gasteiger partial charge in [-0.1, -0.05) is 26.0 Å².